The second-order valence-electron chi connectivity index (χ2n) is 7.89. The smallest absolute Gasteiger partial charge is 0.418 e. The molecule has 0 N–H and O–H groups in total. The summed E-state index contributed by atoms with van der Waals surface area (Å²) in [4.78, 5) is 16.8. The molecule has 3 aromatic rings. The van der Waals surface area contributed by atoms with Crippen LogP contribution in [0, 0.1) is 0 Å². The molecule has 0 aliphatic carbocycles. The summed E-state index contributed by atoms with van der Waals surface area (Å²) in [5, 5.41) is 0. The van der Waals surface area contributed by atoms with Crippen molar-refractivity contribution >= 4 is 5.78 Å². The van der Waals surface area contributed by atoms with Gasteiger partial charge in [-0.25, -0.2) is 0 Å². The van der Waals surface area contributed by atoms with E-state index in [0.717, 1.165) is 42.0 Å². The lowest BCUT2D eigenvalue weighted by molar-refractivity contribution is -0.139. The van der Waals surface area contributed by atoms with Crippen molar-refractivity contribution in [2.24, 2.45) is 0 Å². The number of carbonyl (C=O) groups is 1. The predicted octanol–water partition coefficient (Wildman–Crippen LogP) is 7.24. The second kappa shape index (κ2) is 10.9. The van der Waals surface area contributed by atoms with E-state index in [4.69, 9.17) is 4.74 Å². The Kier molecular flexibility index (Phi) is 8.19. The Morgan fingerprint density at radius 2 is 1.60 bits per heavy atom. The average Bonchev–Trinajstić information content (AvgIpc) is 2.81. The third-order valence-electron chi connectivity index (χ3n) is 5.49. The number of hydrogen-bond acceptors (Lipinski definition) is 3. The Morgan fingerprint density at radius 3 is 2.23 bits per heavy atom. The number of rotatable bonds is 9. The molecule has 0 amide bonds. The van der Waals surface area contributed by atoms with Gasteiger partial charge in [0.1, 0.15) is 11.5 Å². The Morgan fingerprint density at radius 1 is 0.914 bits per heavy atom. The Labute approximate surface area is 198 Å². The van der Waals surface area contributed by atoms with Crippen molar-refractivity contribution < 1.29 is 35.9 Å². The molecule has 9 heteroatoms. The van der Waals surface area contributed by atoms with Gasteiger partial charge in [0.25, 0.3) is 0 Å². The third-order valence-corrected chi connectivity index (χ3v) is 5.49. The molecule has 0 bridgehead atoms. The van der Waals surface area contributed by atoms with Crippen molar-refractivity contribution in [1.82, 2.24) is 4.98 Å². The lowest BCUT2D eigenvalue weighted by Crippen LogP contribution is -2.17. The summed E-state index contributed by atoms with van der Waals surface area (Å²) in [7, 11) is 0. The van der Waals surface area contributed by atoms with Crippen LogP contribution in [0.3, 0.4) is 0 Å². The SMILES string of the molecule is CCOc1ccccc1CCC(=O)C[C@@H](c1ccc(C(F)(F)F)cc1)c1ncccc1C(F)(F)F. The van der Waals surface area contributed by atoms with Crippen LogP contribution in [0.4, 0.5) is 26.3 Å². The standard InChI is InChI=1S/C26H23F6NO2/c1-2-35-23-8-4-3-6-18(23)11-14-20(34)16-21(17-9-12-19(13-10-17)25(27,28)29)24-22(26(30,31)32)7-5-15-33-24/h3-10,12-13,15,21H,2,11,14,16H2,1H3/t21-/m0/s1. The van der Waals surface area contributed by atoms with Gasteiger partial charge >= 0.3 is 12.4 Å². The molecular weight excluding hydrogens is 472 g/mol. The van der Waals surface area contributed by atoms with Crippen LogP contribution in [-0.2, 0) is 23.6 Å². The summed E-state index contributed by atoms with van der Waals surface area (Å²) in [6, 6.07) is 12.9. The number of ketones is 1. The third kappa shape index (κ3) is 6.83. The van der Waals surface area contributed by atoms with Gasteiger partial charge in [-0.1, -0.05) is 30.3 Å². The van der Waals surface area contributed by atoms with E-state index < -0.39 is 35.1 Å². The molecule has 2 aromatic carbocycles. The lowest BCUT2D eigenvalue weighted by atomic mass is 9.86. The molecule has 0 saturated heterocycles. The topological polar surface area (TPSA) is 39.2 Å². The number of ether oxygens (including phenoxy) is 1. The van der Waals surface area contributed by atoms with Crippen LogP contribution in [0.1, 0.15) is 53.6 Å². The molecule has 0 fully saturated rings. The van der Waals surface area contributed by atoms with Crippen LogP contribution in [0.2, 0.25) is 0 Å². The Balaban J connectivity index is 1.91. The first-order chi connectivity index (χ1) is 16.5. The number of aryl methyl sites for hydroxylation is 1. The molecule has 1 aromatic heterocycles. The normalized spacial score (nSPS) is 12.9. The van der Waals surface area contributed by atoms with E-state index in [1.165, 1.54) is 6.20 Å². The maximum Gasteiger partial charge on any atom is 0.418 e. The van der Waals surface area contributed by atoms with E-state index in [0.29, 0.717) is 18.8 Å². The fourth-order valence-corrected chi connectivity index (χ4v) is 3.82. The molecular formula is C26H23F6NO2. The number of hydrogen-bond donors (Lipinski definition) is 0. The lowest BCUT2D eigenvalue weighted by Gasteiger charge is -2.21. The average molecular weight is 495 g/mol. The maximum absolute atomic E-state index is 13.7. The highest BCUT2D eigenvalue weighted by atomic mass is 19.4. The molecule has 35 heavy (non-hydrogen) atoms. The van der Waals surface area contributed by atoms with Gasteiger partial charge in [0.05, 0.1) is 23.4 Å². The number of para-hydroxylation sites is 1. The molecule has 0 aliphatic heterocycles. The summed E-state index contributed by atoms with van der Waals surface area (Å²) in [6.07, 6.45) is -8.18. The predicted molar refractivity (Wildman–Crippen MR) is 118 cm³/mol. The summed E-state index contributed by atoms with van der Waals surface area (Å²) in [6.45, 7) is 2.25. The van der Waals surface area contributed by atoms with Crippen molar-refractivity contribution in [3.05, 3.63) is 94.8 Å². The fourth-order valence-electron chi connectivity index (χ4n) is 3.82. The van der Waals surface area contributed by atoms with Crippen LogP contribution < -0.4 is 4.74 Å². The fraction of sp³-hybridized carbons (Fsp3) is 0.308. The quantitative estimate of drug-likeness (QED) is 0.294. The highest BCUT2D eigenvalue weighted by Gasteiger charge is 2.37. The van der Waals surface area contributed by atoms with Gasteiger partial charge in [-0.05, 0) is 54.8 Å². The second-order valence-corrected chi connectivity index (χ2v) is 7.89. The highest BCUT2D eigenvalue weighted by Crippen LogP contribution is 2.39. The van der Waals surface area contributed by atoms with Gasteiger partial charge in [0.15, 0.2) is 0 Å². The van der Waals surface area contributed by atoms with Crippen molar-refractivity contribution in [1.29, 1.82) is 0 Å². The number of nitrogens with zero attached hydrogens (tertiary/aromatic N) is 1. The molecule has 0 unspecified atom stereocenters. The van der Waals surface area contributed by atoms with Crippen molar-refractivity contribution in [2.45, 2.75) is 44.5 Å². The summed E-state index contributed by atoms with van der Waals surface area (Å²) in [5.41, 5.74) is -1.44. The first-order valence-corrected chi connectivity index (χ1v) is 10.9. The number of halogens is 6. The summed E-state index contributed by atoms with van der Waals surface area (Å²) < 4.78 is 85.6. The number of alkyl halides is 6. The number of pyridine rings is 1. The van der Waals surface area contributed by atoms with Gasteiger partial charge in [0, 0.05) is 25.0 Å². The highest BCUT2D eigenvalue weighted by molar-refractivity contribution is 5.80. The van der Waals surface area contributed by atoms with Crippen LogP contribution in [0.5, 0.6) is 5.75 Å². The zero-order valence-corrected chi connectivity index (χ0v) is 18.8. The monoisotopic (exact) mass is 495 g/mol. The number of Topliss-reactive ketones (excluding diaryl/α,β-unsaturated/α-hetero) is 1. The minimum absolute atomic E-state index is 0.0232. The molecule has 1 atom stereocenters. The summed E-state index contributed by atoms with van der Waals surface area (Å²) in [5.74, 6) is -0.893. The van der Waals surface area contributed by atoms with Crippen LogP contribution in [-0.4, -0.2) is 17.4 Å². The van der Waals surface area contributed by atoms with Crippen LogP contribution >= 0.6 is 0 Å². The molecule has 1 heterocycles. The minimum Gasteiger partial charge on any atom is -0.494 e. The zero-order valence-electron chi connectivity index (χ0n) is 18.8. The van der Waals surface area contributed by atoms with E-state index in [2.05, 4.69) is 4.98 Å². The van der Waals surface area contributed by atoms with E-state index in [1.807, 2.05) is 6.92 Å². The zero-order chi connectivity index (χ0) is 25.6. The van der Waals surface area contributed by atoms with Crippen molar-refractivity contribution in [2.75, 3.05) is 6.61 Å². The number of aromatic nitrogens is 1. The molecule has 0 radical (unpaired) electrons. The van der Waals surface area contributed by atoms with Gasteiger partial charge in [0.2, 0.25) is 0 Å². The Bertz CT molecular complexity index is 1140. The number of benzene rings is 2. The van der Waals surface area contributed by atoms with Crippen molar-refractivity contribution in [3.63, 3.8) is 0 Å². The van der Waals surface area contributed by atoms with Gasteiger partial charge in [-0.15, -0.1) is 0 Å². The van der Waals surface area contributed by atoms with E-state index in [9.17, 15) is 31.1 Å². The Hall–Kier alpha value is -3.36. The molecule has 0 saturated carbocycles. The summed E-state index contributed by atoms with van der Waals surface area (Å²) >= 11 is 0. The van der Waals surface area contributed by atoms with Gasteiger partial charge in [-0.2, -0.15) is 26.3 Å². The van der Waals surface area contributed by atoms with Crippen LogP contribution in [0.15, 0.2) is 66.9 Å². The van der Waals surface area contributed by atoms with E-state index in [-0.39, 0.29) is 24.2 Å². The first kappa shape index (κ1) is 26.2. The molecule has 0 aliphatic rings. The van der Waals surface area contributed by atoms with Gasteiger partial charge < -0.3 is 4.74 Å². The largest absolute Gasteiger partial charge is 0.494 e. The number of carbonyl (C=O) groups excluding carboxylic acids is 1. The molecule has 3 rings (SSSR count). The van der Waals surface area contributed by atoms with E-state index >= 15 is 0 Å². The van der Waals surface area contributed by atoms with Crippen molar-refractivity contribution in [3.8, 4) is 5.75 Å². The van der Waals surface area contributed by atoms with Gasteiger partial charge in [-0.3, -0.25) is 9.78 Å². The maximum atomic E-state index is 13.7. The molecule has 3 nitrogen and oxygen atoms in total. The minimum atomic E-state index is -4.74. The molecule has 0 spiro atoms. The first-order valence-electron chi connectivity index (χ1n) is 10.9. The van der Waals surface area contributed by atoms with E-state index in [1.54, 1.807) is 24.3 Å². The van der Waals surface area contributed by atoms with Crippen LogP contribution in [0.25, 0.3) is 0 Å². The molecule has 186 valence electrons.